The van der Waals surface area contributed by atoms with Gasteiger partial charge in [0.1, 0.15) is 5.82 Å². The first-order valence-electron chi connectivity index (χ1n) is 5.43. The number of carbonyl (C=O) groups excluding carboxylic acids is 1. The summed E-state index contributed by atoms with van der Waals surface area (Å²) in [6, 6.07) is 9.89. The van der Waals surface area contributed by atoms with Gasteiger partial charge in [-0.2, -0.15) is 0 Å². The fourth-order valence-electron chi connectivity index (χ4n) is 1.49. The van der Waals surface area contributed by atoms with Crippen LogP contribution in [0.4, 0.5) is 26.2 Å². The molecule has 0 heterocycles. The van der Waals surface area contributed by atoms with Crippen molar-refractivity contribution in [2.24, 2.45) is 0 Å². The Labute approximate surface area is 114 Å². The molecule has 4 nitrogen and oxygen atoms in total. The predicted molar refractivity (Wildman–Crippen MR) is 74.9 cm³/mol. The molecule has 0 atom stereocenters. The number of halogens is 2. The summed E-state index contributed by atoms with van der Waals surface area (Å²) in [5, 5.41) is 5.28. The van der Waals surface area contributed by atoms with Crippen molar-refractivity contribution in [1.29, 1.82) is 0 Å². The van der Waals surface area contributed by atoms with Gasteiger partial charge in [0, 0.05) is 11.4 Å². The van der Waals surface area contributed by atoms with Gasteiger partial charge in [-0.15, -0.1) is 0 Å². The van der Waals surface area contributed by atoms with Crippen LogP contribution in [0.5, 0.6) is 0 Å². The summed E-state index contributed by atoms with van der Waals surface area (Å²) >= 11 is 5.84. The number of nitrogens with one attached hydrogen (secondary N) is 2. The van der Waals surface area contributed by atoms with E-state index in [4.69, 9.17) is 17.3 Å². The highest BCUT2D eigenvalue weighted by Crippen LogP contribution is 2.22. The zero-order chi connectivity index (χ0) is 13.8. The Hall–Kier alpha value is -2.27. The van der Waals surface area contributed by atoms with E-state index in [9.17, 15) is 9.18 Å². The first kappa shape index (κ1) is 13.2. The molecule has 0 radical (unpaired) electrons. The van der Waals surface area contributed by atoms with E-state index in [-0.39, 0.29) is 10.7 Å². The van der Waals surface area contributed by atoms with Crippen LogP contribution in [0.25, 0.3) is 0 Å². The largest absolute Gasteiger partial charge is 0.399 e. The van der Waals surface area contributed by atoms with Gasteiger partial charge in [-0.05, 0) is 36.4 Å². The van der Waals surface area contributed by atoms with Crippen LogP contribution in [0.3, 0.4) is 0 Å². The molecule has 2 aromatic rings. The van der Waals surface area contributed by atoms with Crippen LogP contribution in [-0.4, -0.2) is 6.03 Å². The van der Waals surface area contributed by atoms with Crippen LogP contribution in [0.2, 0.25) is 5.02 Å². The third-order valence-corrected chi connectivity index (χ3v) is 2.65. The van der Waals surface area contributed by atoms with Crippen molar-refractivity contribution in [3.8, 4) is 0 Å². The number of anilines is 3. The van der Waals surface area contributed by atoms with Gasteiger partial charge in [0.15, 0.2) is 0 Å². The molecule has 0 spiro atoms. The van der Waals surface area contributed by atoms with Crippen LogP contribution in [0.15, 0.2) is 42.5 Å². The SMILES string of the molecule is Nc1cccc(NC(=O)Nc2cc(F)ccc2Cl)c1. The van der Waals surface area contributed by atoms with Crippen LogP contribution < -0.4 is 16.4 Å². The molecule has 0 aliphatic heterocycles. The van der Waals surface area contributed by atoms with Crippen LogP contribution in [0, 0.1) is 5.82 Å². The van der Waals surface area contributed by atoms with Crippen molar-refractivity contribution in [1.82, 2.24) is 0 Å². The Bertz CT molecular complexity index is 619. The van der Waals surface area contributed by atoms with E-state index >= 15 is 0 Å². The molecule has 0 fully saturated rings. The number of urea groups is 1. The number of hydrogen-bond acceptors (Lipinski definition) is 2. The topological polar surface area (TPSA) is 67.1 Å². The molecule has 19 heavy (non-hydrogen) atoms. The number of nitrogens with two attached hydrogens (primary N) is 1. The number of amides is 2. The maximum absolute atomic E-state index is 13.0. The predicted octanol–water partition coefficient (Wildman–Crippen LogP) is 3.71. The van der Waals surface area contributed by atoms with Crippen LogP contribution in [-0.2, 0) is 0 Å². The van der Waals surface area contributed by atoms with E-state index in [0.717, 1.165) is 6.07 Å². The molecule has 0 aliphatic carbocycles. The minimum atomic E-state index is -0.530. The molecule has 0 bridgehead atoms. The highest BCUT2D eigenvalue weighted by atomic mass is 35.5. The molecule has 0 saturated heterocycles. The van der Waals surface area contributed by atoms with Crippen molar-refractivity contribution in [3.05, 3.63) is 53.3 Å². The lowest BCUT2D eigenvalue weighted by atomic mass is 10.3. The van der Waals surface area contributed by atoms with Gasteiger partial charge in [-0.1, -0.05) is 17.7 Å². The third-order valence-electron chi connectivity index (χ3n) is 2.32. The number of carbonyl (C=O) groups is 1. The molecule has 4 N–H and O–H groups in total. The maximum Gasteiger partial charge on any atom is 0.323 e. The van der Waals surface area contributed by atoms with Gasteiger partial charge in [0.2, 0.25) is 0 Å². The molecule has 98 valence electrons. The van der Waals surface area contributed by atoms with Gasteiger partial charge in [0.05, 0.1) is 10.7 Å². The standard InChI is InChI=1S/C13H11ClFN3O/c14-11-5-4-8(15)6-12(11)18-13(19)17-10-3-1-2-9(16)7-10/h1-7H,16H2,(H2,17,18,19). The summed E-state index contributed by atoms with van der Waals surface area (Å²) in [7, 11) is 0. The van der Waals surface area contributed by atoms with Crippen molar-refractivity contribution in [2.75, 3.05) is 16.4 Å². The van der Waals surface area contributed by atoms with Gasteiger partial charge in [-0.3, -0.25) is 0 Å². The number of rotatable bonds is 2. The van der Waals surface area contributed by atoms with Gasteiger partial charge in [-0.25, -0.2) is 9.18 Å². The first-order chi connectivity index (χ1) is 9.04. The van der Waals surface area contributed by atoms with E-state index in [0.29, 0.717) is 11.4 Å². The molecule has 2 rings (SSSR count). The quantitative estimate of drug-likeness (QED) is 0.734. The molecule has 0 saturated carbocycles. The van der Waals surface area contributed by atoms with Gasteiger partial charge in [0.25, 0.3) is 0 Å². The third kappa shape index (κ3) is 3.59. The zero-order valence-corrected chi connectivity index (χ0v) is 10.5. The molecule has 0 aromatic heterocycles. The number of hydrogen-bond donors (Lipinski definition) is 3. The summed E-state index contributed by atoms with van der Waals surface area (Å²) in [5.74, 6) is -0.483. The monoisotopic (exact) mass is 279 g/mol. The first-order valence-corrected chi connectivity index (χ1v) is 5.81. The second-order valence-corrected chi connectivity index (χ2v) is 4.24. The van der Waals surface area contributed by atoms with Crippen LogP contribution >= 0.6 is 11.6 Å². The second kappa shape index (κ2) is 5.58. The molecular formula is C13H11ClFN3O. The normalized spacial score (nSPS) is 10.0. The lowest BCUT2D eigenvalue weighted by Gasteiger charge is -2.09. The molecule has 2 aromatic carbocycles. The minimum absolute atomic E-state index is 0.197. The van der Waals surface area contributed by atoms with Crippen molar-refractivity contribution in [2.45, 2.75) is 0 Å². The Morgan fingerprint density at radius 2 is 1.95 bits per heavy atom. The summed E-state index contributed by atoms with van der Waals surface area (Å²) in [6.07, 6.45) is 0. The molecule has 0 aliphatic rings. The Balaban J connectivity index is 2.07. The fraction of sp³-hybridized carbons (Fsp3) is 0. The molecular weight excluding hydrogens is 269 g/mol. The Morgan fingerprint density at radius 1 is 1.16 bits per heavy atom. The summed E-state index contributed by atoms with van der Waals surface area (Å²) < 4.78 is 13.0. The van der Waals surface area contributed by atoms with Gasteiger partial charge >= 0.3 is 6.03 Å². The summed E-state index contributed by atoms with van der Waals surface area (Å²) in [6.45, 7) is 0. The fourth-order valence-corrected chi connectivity index (χ4v) is 1.66. The number of nitrogen functional groups attached to an aromatic ring is 1. The zero-order valence-electron chi connectivity index (χ0n) is 9.78. The average molecular weight is 280 g/mol. The van der Waals surface area contributed by atoms with Crippen molar-refractivity contribution in [3.63, 3.8) is 0 Å². The minimum Gasteiger partial charge on any atom is -0.399 e. The Morgan fingerprint density at radius 3 is 2.68 bits per heavy atom. The molecule has 6 heteroatoms. The van der Waals surface area contributed by atoms with E-state index in [1.54, 1.807) is 24.3 Å². The Kier molecular flexibility index (Phi) is 3.87. The second-order valence-electron chi connectivity index (χ2n) is 3.83. The average Bonchev–Trinajstić information content (AvgIpc) is 2.34. The molecule has 2 amide bonds. The van der Waals surface area contributed by atoms with Crippen LogP contribution in [0.1, 0.15) is 0 Å². The number of benzene rings is 2. The molecule has 0 unspecified atom stereocenters. The highest BCUT2D eigenvalue weighted by Gasteiger charge is 2.07. The van der Waals surface area contributed by atoms with E-state index in [1.807, 2.05) is 0 Å². The van der Waals surface area contributed by atoms with Gasteiger partial charge < -0.3 is 16.4 Å². The van der Waals surface area contributed by atoms with E-state index in [2.05, 4.69) is 10.6 Å². The maximum atomic E-state index is 13.0. The van der Waals surface area contributed by atoms with Crippen molar-refractivity contribution >= 4 is 34.7 Å². The summed E-state index contributed by atoms with van der Waals surface area (Å²) in [4.78, 5) is 11.7. The smallest absolute Gasteiger partial charge is 0.323 e. The lowest BCUT2D eigenvalue weighted by Crippen LogP contribution is -2.19. The summed E-state index contributed by atoms with van der Waals surface area (Å²) in [5.41, 5.74) is 6.85. The van der Waals surface area contributed by atoms with Crippen molar-refractivity contribution < 1.29 is 9.18 Å². The van der Waals surface area contributed by atoms with E-state index in [1.165, 1.54) is 12.1 Å². The van der Waals surface area contributed by atoms with E-state index < -0.39 is 11.8 Å². The lowest BCUT2D eigenvalue weighted by molar-refractivity contribution is 0.262. The highest BCUT2D eigenvalue weighted by molar-refractivity contribution is 6.33.